The number of amides is 1. The minimum absolute atomic E-state index is 0.138. The number of aliphatic carboxylic acids is 1. The van der Waals surface area contributed by atoms with Gasteiger partial charge in [0.2, 0.25) is 0 Å². The molecule has 2 aromatic rings. The van der Waals surface area contributed by atoms with Crippen molar-refractivity contribution in [2.75, 3.05) is 6.54 Å². The van der Waals surface area contributed by atoms with Gasteiger partial charge < -0.3 is 10.0 Å². The fourth-order valence-corrected chi connectivity index (χ4v) is 3.07. The number of carboxylic acids is 1. The van der Waals surface area contributed by atoms with Crippen LogP contribution in [0, 0.1) is 6.92 Å². The number of carboxylic acid groups (broad SMARTS) is 1. The molecule has 1 unspecified atom stereocenters. The summed E-state index contributed by atoms with van der Waals surface area (Å²) in [4.78, 5) is 30.7. The minimum Gasteiger partial charge on any atom is -0.480 e. The topological polar surface area (TPSA) is 70.5 Å². The molecule has 0 saturated heterocycles. The molecule has 1 atom stereocenters. The third kappa shape index (κ3) is 3.65. The first-order chi connectivity index (χ1) is 11.9. The van der Waals surface area contributed by atoms with Gasteiger partial charge in [0.05, 0.1) is 11.1 Å². The largest absolute Gasteiger partial charge is 0.480 e. The van der Waals surface area contributed by atoms with Crippen molar-refractivity contribution < 1.29 is 14.7 Å². The second-order valence-electron chi connectivity index (χ2n) is 6.97. The van der Waals surface area contributed by atoms with Gasteiger partial charge in [-0.15, -0.1) is 0 Å². The fraction of sp³-hybridized carbons (Fsp3) is 0.450. The molecule has 1 aliphatic carbocycles. The Balaban J connectivity index is 2.12. The summed E-state index contributed by atoms with van der Waals surface area (Å²) >= 11 is 0. The van der Waals surface area contributed by atoms with Gasteiger partial charge in [-0.2, -0.15) is 0 Å². The van der Waals surface area contributed by atoms with Crippen LogP contribution in [-0.2, 0) is 4.79 Å². The van der Waals surface area contributed by atoms with E-state index in [0.717, 1.165) is 35.0 Å². The summed E-state index contributed by atoms with van der Waals surface area (Å²) < 4.78 is 0. The quantitative estimate of drug-likeness (QED) is 0.869. The maximum Gasteiger partial charge on any atom is 0.323 e. The number of aromatic nitrogens is 1. The van der Waals surface area contributed by atoms with E-state index in [9.17, 15) is 14.7 Å². The predicted molar refractivity (Wildman–Crippen MR) is 96.9 cm³/mol. The highest BCUT2D eigenvalue weighted by Crippen LogP contribution is 2.40. The van der Waals surface area contributed by atoms with Crippen LogP contribution in [-0.4, -0.2) is 39.5 Å². The third-order valence-corrected chi connectivity index (χ3v) is 4.90. The van der Waals surface area contributed by atoms with Gasteiger partial charge in [0.1, 0.15) is 6.54 Å². The Hall–Kier alpha value is -2.43. The molecular weight excluding hydrogens is 316 g/mol. The summed E-state index contributed by atoms with van der Waals surface area (Å²) in [7, 11) is 0. The Labute approximate surface area is 147 Å². The molecule has 0 aliphatic heterocycles. The van der Waals surface area contributed by atoms with Gasteiger partial charge in [0, 0.05) is 23.0 Å². The van der Waals surface area contributed by atoms with Crippen molar-refractivity contribution in [2.45, 2.75) is 52.0 Å². The van der Waals surface area contributed by atoms with Crippen molar-refractivity contribution in [3.05, 3.63) is 41.1 Å². The molecule has 1 fully saturated rings. The van der Waals surface area contributed by atoms with Gasteiger partial charge in [-0.1, -0.05) is 18.6 Å². The lowest BCUT2D eigenvalue weighted by Gasteiger charge is -2.27. The van der Waals surface area contributed by atoms with Crippen LogP contribution in [0.1, 0.15) is 60.6 Å². The number of aryl methyl sites for hydroxylation is 1. The summed E-state index contributed by atoms with van der Waals surface area (Å²) in [6, 6.07) is 7.63. The van der Waals surface area contributed by atoms with Crippen molar-refractivity contribution in [1.82, 2.24) is 9.88 Å². The van der Waals surface area contributed by atoms with Crippen molar-refractivity contribution in [1.29, 1.82) is 0 Å². The van der Waals surface area contributed by atoms with Crippen molar-refractivity contribution in [2.24, 2.45) is 0 Å². The molecule has 0 bridgehead atoms. The number of hydrogen-bond acceptors (Lipinski definition) is 3. The number of carbonyl (C=O) groups is 2. The Kier molecular flexibility index (Phi) is 4.75. The number of fused-ring (bicyclic) bond motifs is 1. The smallest absolute Gasteiger partial charge is 0.323 e. The van der Waals surface area contributed by atoms with Crippen LogP contribution in [0.5, 0.6) is 0 Å². The number of nitrogens with zero attached hydrogens (tertiary/aromatic N) is 2. The average molecular weight is 340 g/mol. The third-order valence-electron chi connectivity index (χ3n) is 4.90. The van der Waals surface area contributed by atoms with Gasteiger partial charge in [-0.3, -0.25) is 14.6 Å². The molecular formula is C20H24N2O3. The molecule has 0 radical (unpaired) electrons. The van der Waals surface area contributed by atoms with E-state index in [-0.39, 0.29) is 18.5 Å². The molecule has 1 aliphatic rings. The zero-order valence-electron chi connectivity index (χ0n) is 15.0. The summed E-state index contributed by atoms with van der Waals surface area (Å²) in [6.45, 7) is 5.53. The normalized spacial score (nSPS) is 15.2. The van der Waals surface area contributed by atoms with Gasteiger partial charge in [-0.05, 0) is 51.3 Å². The Morgan fingerprint density at radius 3 is 2.64 bits per heavy atom. The Morgan fingerprint density at radius 1 is 1.32 bits per heavy atom. The summed E-state index contributed by atoms with van der Waals surface area (Å²) in [6.07, 6.45) is 2.90. The van der Waals surface area contributed by atoms with Crippen LogP contribution in [0.25, 0.3) is 10.9 Å². The molecule has 1 N–H and O–H groups in total. The molecule has 0 spiro atoms. The van der Waals surface area contributed by atoms with E-state index in [1.807, 2.05) is 45.0 Å². The van der Waals surface area contributed by atoms with E-state index in [1.54, 1.807) is 0 Å². The number of carbonyl (C=O) groups excluding carboxylic acids is 1. The van der Waals surface area contributed by atoms with Gasteiger partial charge >= 0.3 is 5.97 Å². The zero-order chi connectivity index (χ0) is 18.1. The Bertz CT molecular complexity index is 827. The van der Waals surface area contributed by atoms with Crippen molar-refractivity contribution >= 4 is 22.8 Å². The lowest BCUT2D eigenvalue weighted by Crippen LogP contribution is -2.42. The first kappa shape index (κ1) is 17.4. The van der Waals surface area contributed by atoms with E-state index in [2.05, 4.69) is 0 Å². The second kappa shape index (κ2) is 6.82. The average Bonchev–Trinajstić information content (AvgIpc) is 3.42. The molecule has 1 aromatic carbocycles. The second-order valence-corrected chi connectivity index (χ2v) is 6.97. The maximum absolute atomic E-state index is 13.2. The van der Waals surface area contributed by atoms with Gasteiger partial charge in [-0.25, -0.2) is 0 Å². The van der Waals surface area contributed by atoms with E-state index in [0.29, 0.717) is 17.9 Å². The molecule has 132 valence electrons. The van der Waals surface area contributed by atoms with E-state index >= 15 is 0 Å². The molecule has 5 nitrogen and oxygen atoms in total. The predicted octanol–water partition coefficient (Wildman–Crippen LogP) is 3.75. The number of benzene rings is 1. The molecule has 25 heavy (non-hydrogen) atoms. The van der Waals surface area contributed by atoms with E-state index < -0.39 is 5.97 Å². The number of pyridine rings is 1. The van der Waals surface area contributed by atoms with Crippen LogP contribution >= 0.6 is 0 Å². The molecule has 3 rings (SSSR count). The molecule has 1 aromatic heterocycles. The van der Waals surface area contributed by atoms with E-state index in [1.165, 1.54) is 4.90 Å². The first-order valence-corrected chi connectivity index (χ1v) is 8.84. The van der Waals surface area contributed by atoms with Gasteiger partial charge in [0.25, 0.3) is 5.91 Å². The summed E-state index contributed by atoms with van der Waals surface area (Å²) in [5.41, 5.74) is 3.37. The maximum atomic E-state index is 13.2. The SMILES string of the molecule is CCC(C)N(CC(=O)O)C(=O)c1cc(C2CC2)nc2ccc(C)cc12. The molecule has 1 heterocycles. The first-order valence-electron chi connectivity index (χ1n) is 8.84. The molecule has 5 heteroatoms. The lowest BCUT2D eigenvalue weighted by molar-refractivity contribution is -0.138. The van der Waals surface area contributed by atoms with Crippen LogP contribution in [0.4, 0.5) is 0 Å². The van der Waals surface area contributed by atoms with E-state index in [4.69, 9.17) is 4.98 Å². The standard InChI is InChI=1S/C20H24N2O3/c1-4-13(3)22(11-19(23)24)20(25)16-10-18(14-6-7-14)21-17-8-5-12(2)9-15(16)17/h5,8-10,13-14H,4,6-7,11H2,1-3H3,(H,23,24). The number of hydrogen-bond donors (Lipinski definition) is 1. The highest BCUT2D eigenvalue weighted by atomic mass is 16.4. The highest BCUT2D eigenvalue weighted by molar-refractivity contribution is 6.07. The lowest BCUT2D eigenvalue weighted by atomic mass is 10.0. The summed E-state index contributed by atoms with van der Waals surface area (Å²) in [5.74, 6) is -0.795. The number of rotatable bonds is 6. The minimum atomic E-state index is -0.995. The molecule has 1 saturated carbocycles. The zero-order valence-corrected chi connectivity index (χ0v) is 15.0. The summed E-state index contributed by atoms with van der Waals surface area (Å²) in [5, 5.41) is 10.0. The van der Waals surface area contributed by atoms with Crippen LogP contribution in [0.3, 0.4) is 0 Å². The van der Waals surface area contributed by atoms with Crippen LogP contribution in [0.15, 0.2) is 24.3 Å². The van der Waals surface area contributed by atoms with Crippen molar-refractivity contribution in [3.8, 4) is 0 Å². The Morgan fingerprint density at radius 2 is 2.04 bits per heavy atom. The fourth-order valence-electron chi connectivity index (χ4n) is 3.07. The van der Waals surface area contributed by atoms with Crippen LogP contribution < -0.4 is 0 Å². The highest BCUT2D eigenvalue weighted by Gasteiger charge is 2.29. The van der Waals surface area contributed by atoms with Crippen molar-refractivity contribution in [3.63, 3.8) is 0 Å². The van der Waals surface area contributed by atoms with Gasteiger partial charge in [0.15, 0.2) is 0 Å². The van der Waals surface area contributed by atoms with Crippen LogP contribution in [0.2, 0.25) is 0 Å². The molecule has 1 amide bonds. The monoisotopic (exact) mass is 340 g/mol.